The number of hydrogen-bond donors (Lipinski definition) is 1. The van der Waals surface area contributed by atoms with Crippen LogP contribution >= 0.6 is 27.7 Å². The summed E-state index contributed by atoms with van der Waals surface area (Å²) in [7, 11) is 0. The average molecular weight is 348 g/mol. The van der Waals surface area contributed by atoms with Crippen LogP contribution in [0.15, 0.2) is 22.7 Å². The molecule has 1 unspecified atom stereocenters. The van der Waals surface area contributed by atoms with Gasteiger partial charge in [0.25, 0.3) is 0 Å². The van der Waals surface area contributed by atoms with Gasteiger partial charge in [0.2, 0.25) is 5.91 Å². The number of benzene rings is 1. The second-order valence-corrected chi connectivity index (χ2v) is 7.61. The fourth-order valence-electron chi connectivity index (χ4n) is 1.40. The van der Waals surface area contributed by atoms with Crippen LogP contribution in [0, 0.1) is 5.82 Å². The van der Waals surface area contributed by atoms with Crippen LogP contribution in [0.5, 0.6) is 0 Å². The summed E-state index contributed by atoms with van der Waals surface area (Å²) in [5, 5.41) is 2.80. The lowest BCUT2D eigenvalue weighted by molar-refractivity contribution is -0.121. The molecular formula is C14H19BrFNOS. The van der Waals surface area contributed by atoms with E-state index in [2.05, 4.69) is 21.2 Å². The van der Waals surface area contributed by atoms with Crippen LogP contribution in [0.2, 0.25) is 0 Å². The summed E-state index contributed by atoms with van der Waals surface area (Å²) in [5.74, 6) is 0.425. The monoisotopic (exact) mass is 347 g/mol. The smallest absolute Gasteiger partial charge is 0.233 e. The molecule has 0 radical (unpaired) electrons. The number of rotatable bonds is 4. The van der Waals surface area contributed by atoms with E-state index in [1.54, 1.807) is 6.07 Å². The molecule has 0 aliphatic carbocycles. The van der Waals surface area contributed by atoms with Crippen LogP contribution < -0.4 is 5.32 Å². The molecule has 1 atom stereocenters. The van der Waals surface area contributed by atoms with Crippen LogP contribution in [0.1, 0.15) is 33.3 Å². The third kappa shape index (κ3) is 5.95. The lowest BCUT2D eigenvalue weighted by Crippen LogP contribution is -2.44. The van der Waals surface area contributed by atoms with Gasteiger partial charge in [-0.2, -0.15) is 0 Å². The molecule has 1 aromatic rings. The predicted octanol–water partition coefficient (Wildman–Crippen LogP) is 4.12. The van der Waals surface area contributed by atoms with Crippen LogP contribution in [0.25, 0.3) is 0 Å². The zero-order valence-corrected chi connectivity index (χ0v) is 14.0. The Balaban J connectivity index is 2.54. The Morgan fingerprint density at radius 2 is 2.11 bits per heavy atom. The summed E-state index contributed by atoms with van der Waals surface area (Å²) in [6.07, 6.45) is 0. The Morgan fingerprint density at radius 3 is 2.63 bits per heavy atom. The molecule has 0 saturated carbocycles. The van der Waals surface area contributed by atoms with E-state index in [9.17, 15) is 9.18 Å². The topological polar surface area (TPSA) is 29.1 Å². The minimum Gasteiger partial charge on any atom is -0.351 e. The Labute approximate surface area is 126 Å². The molecule has 0 aliphatic rings. The van der Waals surface area contributed by atoms with Crippen molar-refractivity contribution in [2.24, 2.45) is 0 Å². The van der Waals surface area contributed by atoms with Gasteiger partial charge >= 0.3 is 0 Å². The van der Waals surface area contributed by atoms with Gasteiger partial charge in [0.05, 0.1) is 5.25 Å². The van der Waals surface area contributed by atoms with Gasteiger partial charge in [-0.3, -0.25) is 4.79 Å². The summed E-state index contributed by atoms with van der Waals surface area (Å²) in [6, 6.07) is 4.61. The van der Waals surface area contributed by atoms with E-state index in [1.807, 2.05) is 27.7 Å². The highest BCUT2D eigenvalue weighted by Gasteiger charge is 2.19. The van der Waals surface area contributed by atoms with Crippen molar-refractivity contribution in [3.8, 4) is 0 Å². The molecule has 0 spiro atoms. The van der Waals surface area contributed by atoms with Crippen molar-refractivity contribution in [3.05, 3.63) is 34.1 Å². The molecule has 0 fully saturated rings. The fraction of sp³-hybridized carbons (Fsp3) is 0.500. The van der Waals surface area contributed by atoms with Crippen LogP contribution in [-0.2, 0) is 10.5 Å². The molecule has 0 heterocycles. The van der Waals surface area contributed by atoms with Gasteiger partial charge in [-0.1, -0.05) is 22.0 Å². The maximum absolute atomic E-state index is 13.0. The number of nitrogens with one attached hydrogen (secondary N) is 1. The molecule has 2 nitrogen and oxygen atoms in total. The number of halogens is 2. The lowest BCUT2D eigenvalue weighted by Gasteiger charge is -2.23. The Bertz CT molecular complexity index is 459. The van der Waals surface area contributed by atoms with E-state index < -0.39 is 0 Å². The van der Waals surface area contributed by atoms with E-state index in [0.29, 0.717) is 5.75 Å². The Kier molecular flexibility index (Phi) is 5.86. The first-order valence-electron chi connectivity index (χ1n) is 6.06. The number of thioether (sulfide) groups is 1. The Morgan fingerprint density at radius 1 is 1.47 bits per heavy atom. The van der Waals surface area contributed by atoms with Crippen molar-refractivity contribution in [2.75, 3.05) is 0 Å². The average Bonchev–Trinajstić information content (AvgIpc) is 2.25. The maximum Gasteiger partial charge on any atom is 0.233 e. The van der Waals surface area contributed by atoms with E-state index in [0.717, 1.165) is 10.0 Å². The highest BCUT2D eigenvalue weighted by atomic mass is 79.9. The van der Waals surface area contributed by atoms with Crippen molar-refractivity contribution < 1.29 is 9.18 Å². The lowest BCUT2D eigenvalue weighted by atomic mass is 10.1. The predicted molar refractivity (Wildman–Crippen MR) is 82.8 cm³/mol. The number of carbonyl (C=O) groups excluding carboxylic acids is 1. The van der Waals surface area contributed by atoms with Gasteiger partial charge in [-0.25, -0.2) is 4.39 Å². The standard InChI is InChI=1S/C14H19BrFNOS/c1-9(13(18)17-14(2,3)4)19-8-10-5-6-11(16)7-12(10)15/h5-7,9H,8H2,1-4H3,(H,17,18). The summed E-state index contributed by atoms with van der Waals surface area (Å²) in [6.45, 7) is 7.75. The molecule has 0 saturated heterocycles. The largest absolute Gasteiger partial charge is 0.351 e. The highest BCUT2D eigenvalue weighted by molar-refractivity contribution is 9.10. The first kappa shape index (κ1) is 16.5. The third-order valence-corrected chi connectivity index (χ3v) is 4.30. The second kappa shape index (κ2) is 6.75. The Hall–Kier alpha value is -0.550. The fourth-order valence-corrected chi connectivity index (χ4v) is 2.97. The van der Waals surface area contributed by atoms with Crippen molar-refractivity contribution >= 4 is 33.6 Å². The first-order valence-corrected chi connectivity index (χ1v) is 7.91. The van der Waals surface area contributed by atoms with Crippen molar-refractivity contribution in [3.63, 3.8) is 0 Å². The van der Waals surface area contributed by atoms with Crippen LogP contribution in [0.4, 0.5) is 4.39 Å². The molecule has 1 N–H and O–H groups in total. The number of amides is 1. The van der Waals surface area contributed by atoms with E-state index in [-0.39, 0.29) is 22.5 Å². The van der Waals surface area contributed by atoms with Gasteiger partial charge < -0.3 is 5.32 Å². The SMILES string of the molecule is CC(SCc1ccc(F)cc1Br)C(=O)NC(C)(C)C. The molecule has 0 aliphatic heterocycles. The van der Waals surface area contributed by atoms with Crippen LogP contribution in [0.3, 0.4) is 0 Å². The van der Waals surface area contributed by atoms with E-state index in [1.165, 1.54) is 23.9 Å². The number of hydrogen-bond acceptors (Lipinski definition) is 2. The second-order valence-electron chi connectivity index (χ2n) is 5.43. The zero-order valence-electron chi connectivity index (χ0n) is 11.6. The zero-order chi connectivity index (χ0) is 14.6. The first-order chi connectivity index (χ1) is 8.69. The van der Waals surface area contributed by atoms with Crippen molar-refractivity contribution in [2.45, 2.75) is 44.2 Å². The molecule has 1 rings (SSSR count). The van der Waals surface area contributed by atoms with Crippen LogP contribution in [-0.4, -0.2) is 16.7 Å². The summed E-state index contributed by atoms with van der Waals surface area (Å²) in [5.41, 5.74) is 0.768. The molecule has 0 bridgehead atoms. The molecule has 0 aromatic heterocycles. The third-order valence-electron chi connectivity index (χ3n) is 2.37. The van der Waals surface area contributed by atoms with Gasteiger partial charge in [-0.15, -0.1) is 11.8 Å². The maximum atomic E-state index is 13.0. The van der Waals surface area contributed by atoms with E-state index in [4.69, 9.17) is 0 Å². The molecule has 5 heteroatoms. The highest BCUT2D eigenvalue weighted by Crippen LogP contribution is 2.25. The molecule has 106 valence electrons. The number of carbonyl (C=O) groups is 1. The normalized spacial score (nSPS) is 13.2. The van der Waals surface area contributed by atoms with E-state index >= 15 is 0 Å². The van der Waals surface area contributed by atoms with Crippen molar-refractivity contribution in [1.29, 1.82) is 0 Å². The summed E-state index contributed by atoms with van der Waals surface area (Å²) >= 11 is 4.86. The molecule has 19 heavy (non-hydrogen) atoms. The molecule has 1 aromatic carbocycles. The van der Waals surface area contributed by atoms with Gasteiger partial charge in [0.1, 0.15) is 5.82 Å². The molecular weight excluding hydrogens is 329 g/mol. The minimum absolute atomic E-state index is 0.0238. The van der Waals surface area contributed by atoms with Gasteiger partial charge in [-0.05, 0) is 45.4 Å². The summed E-state index contributed by atoms with van der Waals surface area (Å²) in [4.78, 5) is 11.9. The molecule has 1 amide bonds. The minimum atomic E-state index is -0.265. The van der Waals surface area contributed by atoms with Gasteiger partial charge in [0.15, 0.2) is 0 Å². The quantitative estimate of drug-likeness (QED) is 0.887. The van der Waals surface area contributed by atoms with Gasteiger partial charge in [0, 0.05) is 15.8 Å². The van der Waals surface area contributed by atoms with Crippen molar-refractivity contribution in [1.82, 2.24) is 5.32 Å². The summed E-state index contributed by atoms with van der Waals surface area (Å²) < 4.78 is 13.7.